The molecule has 0 aliphatic carbocycles. The van der Waals surface area contributed by atoms with E-state index in [4.69, 9.17) is 0 Å². The van der Waals surface area contributed by atoms with Gasteiger partial charge < -0.3 is 10.6 Å². The Morgan fingerprint density at radius 2 is 1.95 bits per heavy atom. The van der Waals surface area contributed by atoms with Crippen LogP contribution in [0, 0.1) is 0 Å². The summed E-state index contributed by atoms with van der Waals surface area (Å²) in [5.41, 5.74) is 1.85. The number of aromatic nitrogens is 2. The van der Waals surface area contributed by atoms with Gasteiger partial charge in [-0.2, -0.15) is 13.2 Å². The summed E-state index contributed by atoms with van der Waals surface area (Å²) in [5.74, 6) is 0. The standard InChI is InChI=1S/C13H15F3N4S/c1-17-11(7-18-12-20-19-8-21-12)6-9-2-4-10(5-3-9)13(14,15)16/h2-5,8,11,17H,6-7H2,1H3,(H,18,20)/t11-/m0/s1. The minimum atomic E-state index is -4.29. The molecule has 1 aromatic carbocycles. The van der Waals surface area contributed by atoms with Gasteiger partial charge in [0.25, 0.3) is 0 Å². The largest absolute Gasteiger partial charge is 0.416 e. The molecule has 0 aliphatic rings. The summed E-state index contributed by atoms with van der Waals surface area (Å²) >= 11 is 1.40. The smallest absolute Gasteiger partial charge is 0.359 e. The number of anilines is 1. The SMILES string of the molecule is CN[C@H](CNc1nncs1)Cc1ccc(C(F)(F)F)cc1. The van der Waals surface area contributed by atoms with E-state index in [1.165, 1.54) is 23.5 Å². The second kappa shape index (κ2) is 6.86. The molecule has 0 spiro atoms. The Kier molecular flexibility index (Phi) is 5.13. The first kappa shape index (κ1) is 15.7. The van der Waals surface area contributed by atoms with Gasteiger partial charge in [-0.25, -0.2) is 0 Å². The summed E-state index contributed by atoms with van der Waals surface area (Å²) < 4.78 is 37.5. The molecule has 0 aliphatic heterocycles. The molecule has 2 rings (SSSR count). The van der Waals surface area contributed by atoms with E-state index >= 15 is 0 Å². The Balaban J connectivity index is 1.92. The highest BCUT2D eigenvalue weighted by Crippen LogP contribution is 2.29. The van der Waals surface area contributed by atoms with E-state index in [9.17, 15) is 13.2 Å². The van der Waals surface area contributed by atoms with E-state index in [1.807, 2.05) is 7.05 Å². The molecule has 2 aromatic rings. The van der Waals surface area contributed by atoms with Crippen LogP contribution in [0.25, 0.3) is 0 Å². The lowest BCUT2D eigenvalue weighted by Crippen LogP contribution is -2.34. The van der Waals surface area contributed by atoms with Crippen molar-refractivity contribution in [3.63, 3.8) is 0 Å². The number of alkyl halides is 3. The van der Waals surface area contributed by atoms with Gasteiger partial charge >= 0.3 is 6.18 Å². The van der Waals surface area contributed by atoms with Crippen molar-refractivity contribution in [2.24, 2.45) is 0 Å². The molecule has 0 saturated heterocycles. The van der Waals surface area contributed by atoms with Crippen molar-refractivity contribution < 1.29 is 13.2 Å². The van der Waals surface area contributed by atoms with Crippen LogP contribution in [0.4, 0.5) is 18.3 Å². The molecule has 0 fully saturated rings. The molecular weight excluding hydrogens is 301 g/mol. The monoisotopic (exact) mass is 316 g/mol. The van der Waals surface area contributed by atoms with E-state index in [1.54, 1.807) is 5.51 Å². The van der Waals surface area contributed by atoms with Crippen LogP contribution in [-0.4, -0.2) is 29.8 Å². The fourth-order valence-electron chi connectivity index (χ4n) is 1.85. The van der Waals surface area contributed by atoms with Gasteiger partial charge in [0, 0.05) is 12.6 Å². The predicted molar refractivity (Wildman–Crippen MR) is 76.4 cm³/mol. The maximum absolute atomic E-state index is 12.5. The van der Waals surface area contributed by atoms with Crippen molar-refractivity contribution in [3.05, 3.63) is 40.9 Å². The Bertz CT molecular complexity index is 540. The summed E-state index contributed by atoms with van der Waals surface area (Å²) in [6.45, 7) is 0.618. The quantitative estimate of drug-likeness (QED) is 0.860. The van der Waals surface area contributed by atoms with Crippen LogP contribution in [0.15, 0.2) is 29.8 Å². The number of halogens is 3. The number of nitrogens with one attached hydrogen (secondary N) is 2. The summed E-state index contributed by atoms with van der Waals surface area (Å²) in [5, 5.41) is 14.6. The maximum atomic E-state index is 12.5. The van der Waals surface area contributed by atoms with E-state index in [2.05, 4.69) is 20.8 Å². The average molecular weight is 316 g/mol. The highest BCUT2D eigenvalue weighted by atomic mass is 32.1. The first-order valence-corrected chi connectivity index (χ1v) is 7.20. The molecule has 0 radical (unpaired) electrons. The van der Waals surface area contributed by atoms with Gasteiger partial charge in [0.1, 0.15) is 5.51 Å². The third kappa shape index (κ3) is 4.68. The second-order valence-electron chi connectivity index (χ2n) is 4.51. The lowest BCUT2D eigenvalue weighted by molar-refractivity contribution is -0.137. The van der Waals surface area contributed by atoms with Gasteiger partial charge in [-0.05, 0) is 31.2 Å². The zero-order valence-electron chi connectivity index (χ0n) is 11.3. The molecule has 114 valence electrons. The van der Waals surface area contributed by atoms with Gasteiger partial charge in [-0.15, -0.1) is 10.2 Å². The number of likely N-dealkylation sites (N-methyl/N-ethyl adjacent to an activating group) is 1. The zero-order chi connectivity index (χ0) is 15.3. The van der Waals surface area contributed by atoms with Crippen molar-refractivity contribution in [2.75, 3.05) is 18.9 Å². The number of benzene rings is 1. The normalized spacial score (nSPS) is 13.1. The molecule has 0 saturated carbocycles. The van der Waals surface area contributed by atoms with Gasteiger partial charge in [0.2, 0.25) is 5.13 Å². The Labute approximate surface area is 124 Å². The number of hydrogen-bond donors (Lipinski definition) is 2. The van der Waals surface area contributed by atoms with Crippen molar-refractivity contribution in [2.45, 2.75) is 18.6 Å². The summed E-state index contributed by atoms with van der Waals surface area (Å²) in [4.78, 5) is 0. The van der Waals surface area contributed by atoms with E-state index in [0.717, 1.165) is 22.8 Å². The van der Waals surface area contributed by atoms with E-state index in [0.29, 0.717) is 13.0 Å². The third-order valence-electron chi connectivity index (χ3n) is 3.03. The minimum Gasteiger partial charge on any atom is -0.359 e. The molecule has 0 bridgehead atoms. The molecule has 0 unspecified atom stereocenters. The van der Waals surface area contributed by atoms with Crippen molar-refractivity contribution in [1.29, 1.82) is 0 Å². The van der Waals surface area contributed by atoms with Crippen molar-refractivity contribution in [1.82, 2.24) is 15.5 Å². The highest BCUT2D eigenvalue weighted by molar-refractivity contribution is 7.13. The van der Waals surface area contributed by atoms with Crippen LogP contribution < -0.4 is 10.6 Å². The maximum Gasteiger partial charge on any atom is 0.416 e. The van der Waals surface area contributed by atoms with Crippen LogP contribution in [0.2, 0.25) is 0 Å². The topological polar surface area (TPSA) is 49.8 Å². The molecule has 1 aromatic heterocycles. The first-order chi connectivity index (χ1) is 9.99. The third-order valence-corrected chi connectivity index (χ3v) is 3.68. The van der Waals surface area contributed by atoms with E-state index in [-0.39, 0.29) is 6.04 Å². The molecule has 2 N–H and O–H groups in total. The fourth-order valence-corrected chi connectivity index (χ4v) is 2.31. The van der Waals surface area contributed by atoms with E-state index < -0.39 is 11.7 Å². The van der Waals surface area contributed by atoms with Gasteiger partial charge in [-0.3, -0.25) is 0 Å². The minimum absolute atomic E-state index is 0.0886. The molecule has 21 heavy (non-hydrogen) atoms. The Morgan fingerprint density at radius 1 is 1.24 bits per heavy atom. The van der Waals surface area contributed by atoms with Crippen molar-refractivity contribution in [3.8, 4) is 0 Å². The zero-order valence-corrected chi connectivity index (χ0v) is 12.1. The number of rotatable bonds is 6. The Hall–Kier alpha value is -1.67. The van der Waals surface area contributed by atoms with Crippen LogP contribution in [-0.2, 0) is 12.6 Å². The average Bonchev–Trinajstić information content (AvgIpc) is 2.96. The number of hydrogen-bond acceptors (Lipinski definition) is 5. The number of nitrogens with zero attached hydrogens (tertiary/aromatic N) is 2. The fraction of sp³-hybridized carbons (Fsp3) is 0.385. The van der Waals surface area contributed by atoms with Crippen LogP contribution >= 0.6 is 11.3 Å². The molecule has 1 heterocycles. The van der Waals surface area contributed by atoms with Crippen LogP contribution in [0.5, 0.6) is 0 Å². The Morgan fingerprint density at radius 3 is 2.48 bits per heavy atom. The summed E-state index contributed by atoms with van der Waals surface area (Å²) in [6.07, 6.45) is -3.67. The molecule has 8 heteroatoms. The lowest BCUT2D eigenvalue weighted by atomic mass is 10.0. The predicted octanol–water partition coefficient (Wildman–Crippen LogP) is 2.80. The summed E-state index contributed by atoms with van der Waals surface area (Å²) in [7, 11) is 1.82. The second-order valence-corrected chi connectivity index (χ2v) is 5.34. The van der Waals surface area contributed by atoms with Gasteiger partial charge in [0.15, 0.2) is 0 Å². The highest BCUT2D eigenvalue weighted by Gasteiger charge is 2.29. The molecular formula is C13H15F3N4S. The van der Waals surface area contributed by atoms with Gasteiger partial charge in [0.05, 0.1) is 5.56 Å². The molecule has 0 amide bonds. The molecule has 4 nitrogen and oxygen atoms in total. The lowest BCUT2D eigenvalue weighted by Gasteiger charge is -2.17. The van der Waals surface area contributed by atoms with Crippen LogP contribution in [0.1, 0.15) is 11.1 Å². The van der Waals surface area contributed by atoms with Crippen molar-refractivity contribution >= 4 is 16.5 Å². The van der Waals surface area contributed by atoms with Gasteiger partial charge in [-0.1, -0.05) is 23.5 Å². The molecule has 1 atom stereocenters. The van der Waals surface area contributed by atoms with Crippen LogP contribution in [0.3, 0.4) is 0 Å². The first-order valence-electron chi connectivity index (χ1n) is 6.32. The summed E-state index contributed by atoms with van der Waals surface area (Å²) in [6, 6.07) is 5.34.